The van der Waals surface area contributed by atoms with Crippen LogP contribution in [0, 0.1) is 0 Å². The van der Waals surface area contributed by atoms with Crippen molar-refractivity contribution >= 4 is 57.7 Å². The molecule has 1 N–H and O–H groups in total. The molecular formula is C20H17Cl3N4O2. The Morgan fingerprint density at radius 3 is 2.52 bits per heavy atom. The molecule has 6 nitrogen and oxygen atoms in total. The molecule has 0 saturated carbocycles. The van der Waals surface area contributed by atoms with Gasteiger partial charge in [-0.3, -0.25) is 9.59 Å². The maximum absolute atomic E-state index is 12.6. The zero-order chi connectivity index (χ0) is 20.5. The van der Waals surface area contributed by atoms with Crippen LogP contribution in [0.3, 0.4) is 0 Å². The molecule has 1 saturated heterocycles. The summed E-state index contributed by atoms with van der Waals surface area (Å²) in [5.74, 6) is 0.436. The van der Waals surface area contributed by atoms with Crippen LogP contribution in [0.1, 0.15) is 11.4 Å². The molecule has 2 heterocycles. The normalized spacial score (nSPS) is 14.7. The largest absolute Gasteiger partial charge is 0.340 e. The number of hydrogen-bond acceptors (Lipinski definition) is 3. The lowest BCUT2D eigenvalue weighted by Gasteiger charge is -2.34. The molecule has 0 radical (unpaired) electrons. The van der Waals surface area contributed by atoms with Crippen molar-refractivity contribution in [3.8, 4) is 0 Å². The Bertz CT molecular complexity index is 1080. The molecule has 2 aromatic carbocycles. The van der Waals surface area contributed by atoms with Gasteiger partial charge < -0.3 is 14.8 Å². The maximum atomic E-state index is 12.6. The number of rotatable bonds is 4. The SMILES string of the molecule is O=C(Cc1cc(Cl)cc(Cl)c1)N1CCN(Cc2nc3ccc(Cl)cc3[nH]2)C(=O)C1. The molecule has 150 valence electrons. The van der Waals surface area contributed by atoms with Gasteiger partial charge in [-0.1, -0.05) is 34.8 Å². The van der Waals surface area contributed by atoms with Crippen molar-refractivity contribution in [1.29, 1.82) is 0 Å². The Kier molecular flexibility index (Phi) is 5.67. The topological polar surface area (TPSA) is 69.3 Å². The summed E-state index contributed by atoms with van der Waals surface area (Å²) in [6, 6.07) is 10.4. The molecule has 1 aromatic heterocycles. The molecule has 29 heavy (non-hydrogen) atoms. The average molecular weight is 452 g/mol. The molecule has 0 atom stereocenters. The number of carbonyl (C=O) groups is 2. The molecule has 0 unspecified atom stereocenters. The minimum atomic E-state index is -0.130. The molecule has 0 aliphatic carbocycles. The van der Waals surface area contributed by atoms with Crippen molar-refractivity contribution in [3.63, 3.8) is 0 Å². The molecular weight excluding hydrogens is 435 g/mol. The molecule has 0 bridgehead atoms. The first-order valence-electron chi connectivity index (χ1n) is 9.02. The number of nitrogens with zero attached hydrogens (tertiary/aromatic N) is 3. The minimum Gasteiger partial charge on any atom is -0.340 e. The molecule has 0 spiro atoms. The predicted octanol–water partition coefficient (Wildman–Crippen LogP) is 3.94. The summed E-state index contributed by atoms with van der Waals surface area (Å²) in [6.07, 6.45) is 0.151. The highest BCUT2D eigenvalue weighted by Gasteiger charge is 2.27. The van der Waals surface area contributed by atoms with Crippen LogP contribution in [-0.4, -0.2) is 51.2 Å². The van der Waals surface area contributed by atoms with Gasteiger partial charge in [0.2, 0.25) is 11.8 Å². The molecule has 3 aromatic rings. The van der Waals surface area contributed by atoms with Crippen molar-refractivity contribution in [2.75, 3.05) is 19.6 Å². The van der Waals surface area contributed by atoms with Crippen molar-refractivity contribution in [3.05, 3.63) is 62.9 Å². The zero-order valence-electron chi connectivity index (χ0n) is 15.3. The number of H-pyrrole nitrogens is 1. The number of fused-ring (bicyclic) bond motifs is 1. The molecule has 2 amide bonds. The van der Waals surface area contributed by atoms with E-state index in [0.717, 1.165) is 16.6 Å². The number of hydrogen-bond donors (Lipinski definition) is 1. The van der Waals surface area contributed by atoms with Gasteiger partial charge in [-0.25, -0.2) is 4.98 Å². The highest BCUT2D eigenvalue weighted by Crippen LogP contribution is 2.21. The van der Waals surface area contributed by atoms with Crippen LogP contribution in [0.5, 0.6) is 0 Å². The third kappa shape index (κ3) is 4.66. The monoisotopic (exact) mass is 450 g/mol. The van der Waals surface area contributed by atoms with Crippen LogP contribution in [0.2, 0.25) is 15.1 Å². The van der Waals surface area contributed by atoms with Gasteiger partial charge in [0.1, 0.15) is 5.82 Å². The van der Waals surface area contributed by atoms with Crippen LogP contribution in [0.25, 0.3) is 11.0 Å². The van der Waals surface area contributed by atoms with Crippen molar-refractivity contribution < 1.29 is 9.59 Å². The third-order valence-corrected chi connectivity index (χ3v) is 5.45. The number of halogens is 3. The molecule has 1 aliphatic heterocycles. The molecule has 1 fully saturated rings. The zero-order valence-corrected chi connectivity index (χ0v) is 17.6. The fraction of sp³-hybridized carbons (Fsp3) is 0.250. The number of amides is 2. The molecule has 1 aliphatic rings. The van der Waals surface area contributed by atoms with Crippen LogP contribution >= 0.6 is 34.8 Å². The Labute approximate surface area is 182 Å². The van der Waals surface area contributed by atoms with Crippen LogP contribution in [-0.2, 0) is 22.6 Å². The second kappa shape index (κ2) is 8.22. The van der Waals surface area contributed by atoms with Crippen molar-refractivity contribution in [2.45, 2.75) is 13.0 Å². The Morgan fingerprint density at radius 2 is 1.79 bits per heavy atom. The predicted molar refractivity (Wildman–Crippen MR) is 113 cm³/mol. The lowest BCUT2D eigenvalue weighted by atomic mass is 10.1. The number of imidazole rings is 1. The van der Waals surface area contributed by atoms with E-state index in [1.54, 1.807) is 40.1 Å². The highest BCUT2D eigenvalue weighted by atomic mass is 35.5. The summed E-state index contributed by atoms with van der Waals surface area (Å²) < 4.78 is 0. The number of carbonyl (C=O) groups excluding carboxylic acids is 2. The van der Waals surface area contributed by atoms with Gasteiger partial charge in [0, 0.05) is 28.2 Å². The van der Waals surface area contributed by atoms with Gasteiger partial charge in [-0.2, -0.15) is 0 Å². The minimum absolute atomic E-state index is 0.0409. The molecule has 9 heteroatoms. The van der Waals surface area contributed by atoms with Crippen LogP contribution < -0.4 is 0 Å². The first-order chi connectivity index (χ1) is 13.9. The maximum Gasteiger partial charge on any atom is 0.242 e. The average Bonchev–Trinajstić information content (AvgIpc) is 3.04. The second-order valence-electron chi connectivity index (χ2n) is 6.93. The fourth-order valence-electron chi connectivity index (χ4n) is 3.38. The third-order valence-electron chi connectivity index (χ3n) is 4.78. The smallest absolute Gasteiger partial charge is 0.242 e. The fourth-order valence-corrected chi connectivity index (χ4v) is 4.12. The summed E-state index contributed by atoms with van der Waals surface area (Å²) in [7, 11) is 0. The number of aromatic nitrogens is 2. The standard InChI is InChI=1S/C20H17Cl3N4O2/c21-13-1-2-16-17(9-13)25-18(24-16)10-26-3-4-27(11-20(26)29)19(28)7-12-5-14(22)8-15(23)6-12/h1-2,5-6,8-9H,3-4,7,10-11H2,(H,24,25). The summed E-state index contributed by atoms with van der Waals surface area (Å²) >= 11 is 18.0. The first-order valence-corrected chi connectivity index (χ1v) is 10.2. The summed E-state index contributed by atoms with van der Waals surface area (Å²) in [5.41, 5.74) is 2.35. The quantitative estimate of drug-likeness (QED) is 0.653. The van der Waals surface area contributed by atoms with Crippen LogP contribution in [0.15, 0.2) is 36.4 Å². The summed E-state index contributed by atoms with van der Waals surface area (Å²) in [5, 5.41) is 1.58. The van der Waals surface area contributed by atoms with E-state index in [1.807, 2.05) is 6.07 Å². The second-order valence-corrected chi connectivity index (χ2v) is 8.24. The van der Waals surface area contributed by atoms with E-state index < -0.39 is 0 Å². The van der Waals surface area contributed by atoms with Crippen molar-refractivity contribution in [1.82, 2.24) is 19.8 Å². The van der Waals surface area contributed by atoms with Gasteiger partial charge >= 0.3 is 0 Å². The van der Waals surface area contributed by atoms with Gasteiger partial charge in [-0.05, 0) is 42.0 Å². The van der Waals surface area contributed by atoms with E-state index in [4.69, 9.17) is 34.8 Å². The Morgan fingerprint density at radius 1 is 1.03 bits per heavy atom. The summed E-state index contributed by atoms with van der Waals surface area (Å²) in [4.78, 5) is 36.1. The number of benzene rings is 2. The van der Waals surface area contributed by atoms with E-state index in [9.17, 15) is 9.59 Å². The number of piperazine rings is 1. The van der Waals surface area contributed by atoms with Gasteiger partial charge in [0.15, 0.2) is 0 Å². The van der Waals surface area contributed by atoms with Gasteiger partial charge in [-0.15, -0.1) is 0 Å². The van der Waals surface area contributed by atoms with Gasteiger partial charge in [0.25, 0.3) is 0 Å². The lowest BCUT2D eigenvalue weighted by molar-refractivity contribution is -0.145. The van der Waals surface area contributed by atoms with Gasteiger partial charge in [0.05, 0.1) is 30.5 Å². The van der Waals surface area contributed by atoms with Crippen molar-refractivity contribution in [2.24, 2.45) is 0 Å². The van der Waals surface area contributed by atoms with E-state index in [1.165, 1.54) is 0 Å². The lowest BCUT2D eigenvalue weighted by Crippen LogP contribution is -2.52. The highest BCUT2D eigenvalue weighted by molar-refractivity contribution is 6.34. The Hall–Kier alpha value is -2.28. The number of aromatic amines is 1. The van der Waals surface area contributed by atoms with Crippen LogP contribution in [0.4, 0.5) is 0 Å². The molecule has 4 rings (SSSR count). The Balaban J connectivity index is 1.38. The summed E-state index contributed by atoms with van der Waals surface area (Å²) in [6.45, 7) is 1.31. The van der Waals surface area contributed by atoms with E-state index >= 15 is 0 Å². The first kappa shape index (κ1) is 20.0. The van der Waals surface area contributed by atoms with E-state index in [-0.39, 0.29) is 24.8 Å². The number of nitrogens with one attached hydrogen (secondary N) is 1. The van der Waals surface area contributed by atoms with E-state index in [2.05, 4.69) is 9.97 Å². The van der Waals surface area contributed by atoms with E-state index in [0.29, 0.717) is 40.5 Å².